The quantitative estimate of drug-likeness (QED) is 0.636. The highest BCUT2D eigenvalue weighted by molar-refractivity contribution is 9.10. The molecule has 28 heavy (non-hydrogen) atoms. The van der Waals surface area contributed by atoms with Crippen molar-refractivity contribution >= 4 is 27.9 Å². The van der Waals surface area contributed by atoms with Crippen molar-refractivity contribution in [3.8, 4) is 11.5 Å². The molecule has 1 aromatic carbocycles. The van der Waals surface area contributed by atoms with Gasteiger partial charge < -0.3 is 24.6 Å². The van der Waals surface area contributed by atoms with Gasteiger partial charge in [0.15, 0.2) is 11.5 Å². The molecule has 1 aromatic rings. The second-order valence-corrected chi connectivity index (χ2v) is 6.94. The maximum atomic E-state index is 12.8. The molecule has 0 unspecified atom stereocenters. The highest BCUT2D eigenvalue weighted by Crippen LogP contribution is 2.48. The van der Waals surface area contributed by atoms with Gasteiger partial charge in [-0.2, -0.15) is 0 Å². The fourth-order valence-corrected chi connectivity index (χ4v) is 3.79. The number of nitrogens with one attached hydrogen (secondary N) is 1. The Morgan fingerprint density at radius 2 is 1.57 bits per heavy atom. The predicted octanol–water partition coefficient (Wildman–Crippen LogP) is 3.52. The maximum Gasteiger partial charge on any atom is 0.336 e. The number of aromatic hydroxyl groups is 1. The molecular formula is C20H24BrNO6. The molecule has 0 spiro atoms. The third kappa shape index (κ3) is 4.01. The Kier molecular flexibility index (Phi) is 7.12. The van der Waals surface area contributed by atoms with E-state index in [4.69, 9.17) is 14.2 Å². The maximum absolute atomic E-state index is 12.8. The van der Waals surface area contributed by atoms with Gasteiger partial charge in [0.25, 0.3) is 0 Å². The molecule has 8 heteroatoms. The van der Waals surface area contributed by atoms with Crippen molar-refractivity contribution in [1.82, 2.24) is 5.32 Å². The number of hydrogen-bond donors (Lipinski definition) is 2. The van der Waals surface area contributed by atoms with E-state index in [2.05, 4.69) is 21.2 Å². The minimum Gasteiger partial charge on any atom is -0.504 e. The van der Waals surface area contributed by atoms with Crippen LogP contribution >= 0.6 is 15.9 Å². The normalized spacial score (nSPS) is 14.6. The number of phenols is 1. The Balaban J connectivity index is 2.81. The summed E-state index contributed by atoms with van der Waals surface area (Å²) < 4.78 is 16.2. The lowest BCUT2D eigenvalue weighted by molar-refractivity contribution is -0.139. The van der Waals surface area contributed by atoms with Crippen LogP contribution in [0.25, 0.3) is 0 Å². The number of carbonyl (C=O) groups excluding carboxylic acids is 2. The van der Waals surface area contributed by atoms with E-state index >= 15 is 0 Å². The number of ether oxygens (including phenoxy) is 3. The summed E-state index contributed by atoms with van der Waals surface area (Å²) in [5.74, 6) is -2.02. The summed E-state index contributed by atoms with van der Waals surface area (Å²) >= 11 is 3.43. The van der Waals surface area contributed by atoms with Crippen LogP contribution in [-0.4, -0.2) is 37.4 Å². The van der Waals surface area contributed by atoms with Gasteiger partial charge in [-0.1, -0.05) is 15.9 Å². The summed E-state index contributed by atoms with van der Waals surface area (Å²) in [5, 5.41) is 13.9. The average Bonchev–Trinajstić information content (AvgIpc) is 2.62. The molecule has 2 N–H and O–H groups in total. The molecule has 152 valence electrons. The van der Waals surface area contributed by atoms with E-state index in [1.807, 2.05) is 0 Å². The Labute approximate surface area is 172 Å². The summed E-state index contributed by atoms with van der Waals surface area (Å²) in [5.41, 5.74) is 1.83. The van der Waals surface area contributed by atoms with Gasteiger partial charge in [0.1, 0.15) is 0 Å². The molecule has 7 nitrogen and oxygen atoms in total. The van der Waals surface area contributed by atoms with E-state index in [-0.39, 0.29) is 35.9 Å². The Hall–Kier alpha value is -2.48. The number of hydrogen-bond acceptors (Lipinski definition) is 7. The fourth-order valence-electron chi connectivity index (χ4n) is 3.24. The molecule has 1 aliphatic heterocycles. The largest absolute Gasteiger partial charge is 0.504 e. The predicted molar refractivity (Wildman–Crippen MR) is 107 cm³/mol. The van der Waals surface area contributed by atoms with Gasteiger partial charge in [-0.15, -0.1) is 0 Å². The second kappa shape index (κ2) is 9.14. The van der Waals surface area contributed by atoms with Crippen LogP contribution in [0.4, 0.5) is 0 Å². The van der Waals surface area contributed by atoms with Crippen molar-refractivity contribution in [2.75, 3.05) is 20.3 Å². The highest BCUT2D eigenvalue weighted by Gasteiger charge is 2.40. The number of rotatable bonds is 6. The van der Waals surface area contributed by atoms with E-state index in [0.29, 0.717) is 21.4 Å². The van der Waals surface area contributed by atoms with Crippen LogP contribution in [-0.2, 0) is 19.1 Å². The van der Waals surface area contributed by atoms with Crippen LogP contribution < -0.4 is 10.1 Å². The second-order valence-electron chi connectivity index (χ2n) is 6.09. The van der Waals surface area contributed by atoms with Gasteiger partial charge in [0.2, 0.25) is 0 Å². The van der Waals surface area contributed by atoms with Gasteiger partial charge in [0.05, 0.1) is 37.4 Å². The Morgan fingerprint density at radius 3 is 2.00 bits per heavy atom. The van der Waals surface area contributed by atoms with E-state index in [0.717, 1.165) is 0 Å². The number of methoxy groups -OCH3 is 1. The molecule has 0 bridgehead atoms. The number of halogens is 1. The van der Waals surface area contributed by atoms with Crippen molar-refractivity contribution in [3.63, 3.8) is 0 Å². The summed E-state index contributed by atoms with van der Waals surface area (Å²) in [7, 11) is 1.43. The van der Waals surface area contributed by atoms with Crippen molar-refractivity contribution in [2.45, 2.75) is 33.6 Å². The molecular weight excluding hydrogens is 430 g/mol. The zero-order valence-corrected chi connectivity index (χ0v) is 18.1. The number of benzene rings is 1. The van der Waals surface area contributed by atoms with Crippen LogP contribution in [0.3, 0.4) is 0 Å². The van der Waals surface area contributed by atoms with E-state index in [1.165, 1.54) is 7.11 Å². The molecule has 0 fully saturated rings. The lowest BCUT2D eigenvalue weighted by Crippen LogP contribution is -2.32. The van der Waals surface area contributed by atoms with Gasteiger partial charge >= 0.3 is 11.9 Å². The lowest BCUT2D eigenvalue weighted by Gasteiger charge is -2.31. The molecule has 0 aliphatic carbocycles. The minimum atomic E-state index is -0.899. The molecule has 1 aliphatic rings. The third-order valence-electron chi connectivity index (χ3n) is 4.39. The summed E-state index contributed by atoms with van der Waals surface area (Å²) in [6.07, 6.45) is 0. The highest BCUT2D eigenvalue weighted by atomic mass is 79.9. The SMILES string of the molecule is CCOC(=O)C1=C(C)NC(C)=C(C(=O)OCC)C1c1c(Br)ccc(OC)c1O. The third-order valence-corrected chi connectivity index (χ3v) is 5.08. The molecule has 1 heterocycles. The molecule has 0 radical (unpaired) electrons. The number of carbonyl (C=O) groups is 2. The average molecular weight is 454 g/mol. The van der Waals surface area contributed by atoms with Gasteiger partial charge in [-0.25, -0.2) is 9.59 Å². The molecule has 0 saturated carbocycles. The van der Waals surface area contributed by atoms with E-state index < -0.39 is 17.9 Å². The minimum absolute atomic E-state index is 0.172. The number of dihydropyridines is 1. The summed E-state index contributed by atoms with van der Waals surface area (Å²) in [6, 6.07) is 3.28. The smallest absolute Gasteiger partial charge is 0.336 e. The van der Waals surface area contributed by atoms with E-state index in [9.17, 15) is 14.7 Å². The summed E-state index contributed by atoms with van der Waals surface area (Å²) in [6.45, 7) is 7.18. The zero-order valence-electron chi connectivity index (χ0n) is 16.5. The van der Waals surface area contributed by atoms with Gasteiger partial charge in [-0.05, 0) is 39.8 Å². The first-order valence-electron chi connectivity index (χ1n) is 8.86. The molecule has 2 rings (SSSR count). The van der Waals surface area contributed by atoms with Crippen LogP contribution in [0.5, 0.6) is 11.5 Å². The Bertz CT molecular complexity index is 818. The Morgan fingerprint density at radius 1 is 1.07 bits per heavy atom. The van der Waals surface area contributed by atoms with Crippen LogP contribution in [0.1, 0.15) is 39.2 Å². The van der Waals surface area contributed by atoms with Crippen molar-refractivity contribution in [1.29, 1.82) is 0 Å². The standard InChI is InChI=1S/C20H24BrNO6/c1-6-27-19(24)14-10(3)22-11(4)15(20(25)28-7-2)17(14)16-12(21)8-9-13(26-5)18(16)23/h8-9,17,22-23H,6-7H2,1-5H3. The molecule has 0 amide bonds. The van der Waals surface area contributed by atoms with Crippen molar-refractivity contribution in [2.24, 2.45) is 0 Å². The van der Waals surface area contributed by atoms with Crippen molar-refractivity contribution < 1.29 is 28.9 Å². The van der Waals surface area contributed by atoms with E-state index in [1.54, 1.807) is 39.8 Å². The van der Waals surface area contributed by atoms with Crippen molar-refractivity contribution in [3.05, 3.63) is 44.7 Å². The molecule has 0 aromatic heterocycles. The van der Waals surface area contributed by atoms with Crippen LogP contribution in [0.2, 0.25) is 0 Å². The molecule has 0 saturated heterocycles. The lowest BCUT2D eigenvalue weighted by atomic mass is 9.80. The first-order valence-corrected chi connectivity index (χ1v) is 9.65. The van der Waals surface area contributed by atoms with Gasteiger partial charge in [0, 0.05) is 21.4 Å². The van der Waals surface area contributed by atoms with Crippen LogP contribution in [0, 0.1) is 0 Å². The fraction of sp³-hybridized carbons (Fsp3) is 0.400. The topological polar surface area (TPSA) is 94.1 Å². The number of esters is 2. The number of allylic oxidation sites excluding steroid dienone is 2. The summed E-state index contributed by atoms with van der Waals surface area (Å²) in [4.78, 5) is 25.6. The number of phenolic OH excluding ortho intramolecular Hbond substituents is 1. The zero-order chi connectivity index (χ0) is 21.0. The first-order chi connectivity index (χ1) is 13.3. The van der Waals surface area contributed by atoms with Gasteiger partial charge in [-0.3, -0.25) is 0 Å². The monoisotopic (exact) mass is 453 g/mol. The van der Waals surface area contributed by atoms with Crippen LogP contribution in [0.15, 0.2) is 39.1 Å². The molecule has 0 atom stereocenters. The first kappa shape index (κ1) is 21.8.